The zero-order chi connectivity index (χ0) is 17.1. The van der Waals surface area contributed by atoms with Crippen molar-refractivity contribution in [3.8, 4) is 0 Å². The van der Waals surface area contributed by atoms with Gasteiger partial charge < -0.3 is 4.42 Å². The molecule has 0 saturated carbocycles. The van der Waals surface area contributed by atoms with Crippen LogP contribution in [0.25, 0.3) is 11.0 Å². The van der Waals surface area contributed by atoms with Crippen molar-refractivity contribution < 1.29 is 13.6 Å². The van der Waals surface area contributed by atoms with E-state index in [1.807, 2.05) is 6.07 Å². The highest BCUT2D eigenvalue weighted by molar-refractivity contribution is 6.02. The number of hydrogen-bond acceptors (Lipinski definition) is 4. The molecule has 2 aromatic carbocycles. The van der Waals surface area contributed by atoms with E-state index in [-0.39, 0.29) is 16.8 Å². The summed E-state index contributed by atoms with van der Waals surface area (Å²) in [5.74, 6) is -1.34. The molecule has 0 aliphatic rings. The van der Waals surface area contributed by atoms with Gasteiger partial charge in [-0.3, -0.25) is 4.79 Å². The van der Waals surface area contributed by atoms with Gasteiger partial charge in [0.15, 0.2) is 0 Å². The van der Waals surface area contributed by atoms with Crippen LogP contribution >= 0.6 is 0 Å². The molecule has 0 spiro atoms. The minimum Gasteiger partial charge on any atom is -0.422 e. The van der Waals surface area contributed by atoms with Crippen molar-refractivity contribution in [3.63, 3.8) is 0 Å². The number of halogens is 1. The second-order valence-corrected chi connectivity index (χ2v) is 5.10. The molecule has 1 aromatic heterocycles. The molecule has 0 unspecified atom stereocenters. The Morgan fingerprint density at radius 2 is 1.79 bits per heavy atom. The Morgan fingerprint density at radius 1 is 1.08 bits per heavy atom. The zero-order valence-electron chi connectivity index (χ0n) is 12.7. The molecule has 0 fully saturated rings. The molecule has 0 aliphatic carbocycles. The summed E-state index contributed by atoms with van der Waals surface area (Å²) in [5, 5.41) is 4.61. The van der Waals surface area contributed by atoms with Gasteiger partial charge in [0.25, 0.3) is 5.91 Å². The number of hydrogen-bond donors (Lipinski definition) is 1. The van der Waals surface area contributed by atoms with Crippen LogP contribution in [0.15, 0.2) is 68.9 Å². The second kappa shape index (κ2) is 6.45. The van der Waals surface area contributed by atoms with Crippen LogP contribution in [0.1, 0.15) is 22.8 Å². The van der Waals surface area contributed by atoms with E-state index in [0.717, 1.165) is 5.39 Å². The number of nitrogens with zero attached hydrogens (tertiary/aromatic N) is 1. The lowest BCUT2D eigenvalue weighted by molar-refractivity contribution is 0.0951. The SMILES string of the molecule is C/C(=N/NC(=O)c1ccccc1F)c1cc2ccccc2oc1=O. The van der Waals surface area contributed by atoms with Gasteiger partial charge in [-0.15, -0.1) is 0 Å². The van der Waals surface area contributed by atoms with Crippen LogP contribution < -0.4 is 11.1 Å². The molecule has 120 valence electrons. The molecule has 0 aliphatic heterocycles. The van der Waals surface area contributed by atoms with E-state index in [1.54, 1.807) is 37.3 Å². The van der Waals surface area contributed by atoms with E-state index in [2.05, 4.69) is 10.5 Å². The van der Waals surface area contributed by atoms with Crippen molar-refractivity contribution in [2.75, 3.05) is 0 Å². The number of carbonyl (C=O) groups is 1. The van der Waals surface area contributed by atoms with Crippen LogP contribution in [-0.4, -0.2) is 11.6 Å². The van der Waals surface area contributed by atoms with Gasteiger partial charge in [-0.1, -0.05) is 30.3 Å². The number of nitrogens with one attached hydrogen (secondary N) is 1. The molecule has 6 heteroatoms. The minimum atomic E-state index is -0.697. The Morgan fingerprint density at radius 3 is 2.58 bits per heavy atom. The molecule has 1 N–H and O–H groups in total. The smallest absolute Gasteiger partial charge is 0.345 e. The van der Waals surface area contributed by atoms with Crippen molar-refractivity contribution >= 4 is 22.6 Å². The standard InChI is InChI=1S/C18H13FN2O3/c1-11(20-21-17(22)13-7-3-4-8-15(13)19)14-10-12-6-2-5-9-16(12)24-18(14)23/h2-10H,1H3,(H,21,22)/b20-11-. The first-order valence-corrected chi connectivity index (χ1v) is 7.18. The highest BCUT2D eigenvalue weighted by Crippen LogP contribution is 2.13. The third kappa shape index (κ3) is 3.08. The number of fused-ring (bicyclic) bond motifs is 1. The van der Waals surface area contributed by atoms with Crippen LogP contribution in [0.5, 0.6) is 0 Å². The predicted molar refractivity (Wildman–Crippen MR) is 88.6 cm³/mol. The lowest BCUT2D eigenvalue weighted by Gasteiger charge is -2.04. The first-order valence-electron chi connectivity index (χ1n) is 7.18. The molecule has 1 amide bonds. The number of hydrazone groups is 1. The topological polar surface area (TPSA) is 71.7 Å². The van der Waals surface area contributed by atoms with E-state index < -0.39 is 17.3 Å². The Hall–Kier alpha value is -3.28. The van der Waals surface area contributed by atoms with Crippen LogP contribution in [-0.2, 0) is 0 Å². The maximum atomic E-state index is 13.6. The normalized spacial score (nSPS) is 11.5. The summed E-state index contributed by atoms with van der Waals surface area (Å²) in [4.78, 5) is 24.0. The molecule has 24 heavy (non-hydrogen) atoms. The van der Waals surface area contributed by atoms with Gasteiger partial charge in [-0.05, 0) is 31.2 Å². The number of amides is 1. The highest BCUT2D eigenvalue weighted by atomic mass is 19.1. The van der Waals surface area contributed by atoms with E-state index in [4.69, 9.17) is 4.42 Å². The fourth-order valence-electron chi connectivity index (χ4n) is 2.21. The molecule has 3 rings (SSSR count). The third-order valence-electron chi connectivity index (χ3n) is 3.47. The number of para-hydroxylation sites is 1. The molecule has 1 heterocycles. The average Bonchev–Trinajstić information content (AvgIpc) is 2.59. The second-order valence-electron chi connectivity index (χ2n) is 5.10. The zero-order valence-corrected chi connectivity index (χ0v) is 12.7. The summed E-state index contributed by atoms with van der Waals surface area (Å²) in [6.07, 6.45) is 0. The van der Waals surface area contributed by atoms with Gasteiger partial charge in [0.1, 0.15) is 11.4 Å². The van der Waals surface area contributed by atoms with Crippen molar-refractivity contribution in [3.05, 3.63) is 82.0 Å². The summed E-state index contributed by atoms with van der Waals surface area (Å²) in [6, 6.07) is 14.3. The van der Waals surface area contributed by atoms with Crippen molar-refractivity contribution in [2.45, 2.75) is 6.92 Å². The highest BCUT2D eigenvalue weighted by Gasteiger charge is 2.12. The van der Waals surface area contributed by atoms with Crippen molar-refractivity contribution in [2.24, 2.45) is 5.10 Å². The molecule has 0 atom stereocenters. The van der Waals surface area contributed by atoms with Crippen molar-refractivity contribution in [1.82, 2.24) is 5.43 Å². The minimum absolute atomic E-state index is 0.125. The van der Waals surface area contributed by atoms with E-state index in [1.165, 1.54) is 18.2 Å². The first kappa shape index (κ1) is 15.6. The lowest BCUT2D eigenvalue weighted by atomic mass is 10.1. The van der Waals surface area contributed by atoms with Gasteiger partial charge in [0.05, 0.1) is 16.8 Å². The number of carbonyl (C=O) groups excluding carboxylic acids is 1. The molecule has 0 radical (unpaired) electrons. The van der Waals surface area contributed by atoms with Crippen LogP contribution in [0.3, 0.4) is 0 Å². The summed E-state index contributed by atoms with van der Waals surface area (Å²) in [7, 11) is 0. The summed E-state index contributed by atoms with van der Waals surface area (Å²) in [6.45, 7) is 1.56. The van der Waals surface area contributed by atoms with Gasteiger partial charge in [0.2, 0.25) is 0 Å². The third-order valence-corrected chi connectivity index (χ3v) is 3.47. The van der Waals surface area contributed by atoms with E-state index >= 15 is 0 Å². The van der Waals surface area contributed by atoms with Crippen LogP contribution in [0.2, 0.25) is 0 Å². The molecular formula is C18H13FN2O3. The first-order chi connectivity index (χ1) is 11.6. The maximum Gasteiger partial charge on any atom is 0.345 e. The fraction of sp³-hybridized carbons (Fsp3) is 0.0556. The quantitative estimate of drug-likeness (QED) is 0.457. The Kier molecular flexibility index (Phi) is 4.20. The average molecular weight is 324 g/mol. The van der Waals surface area contributed by atoms with E-state index in [9.17, 15) is 14.0 Å². The largest absolute Gasteiger partial charge is 0.422 e. The Bertz CT molecular complexity index is 1010. The summed E-state index contributed by atoms with van der Waals surface area (Å²) in [5.41, 5.74) is 2.51. The van der Waals surface area contributed by atoms with Gasteiger partial charge in [0, 0.05) is 5.39 Å². The Balaban J connectivity index is 1.89. The summed E-state index contributed by atoms with van der Waals surface area (Å²) < 4.78 is 18.8. The molecule has 0 bridgehead atoms. The van der Waals surface area contributed by atoms with Gasteiger partial charge >= 0.3 is 5.63 Å². The molecule has 0 saturated heterocycles. The number of benzene rings is 2. The molecular weight excluding hydrogens is 311 g/mol. The predicted octanol–water partition coefficient (Wildman–Crippen LogP) is 3.09. The monoisotopic (exact) mass is 324 g/mol. The molecule has 3 aromatic rings. The number of rotatable bonds is 3. The van der Waals surface area contributed by atoms with Crippen LogP contribution in [0.4, 0.5) is 4.39 Å². The molecule has 5 nitrogen and oxygen atoms in total. The van der Waals surface area contributed by atoms with Gasteiger partial charge in [-0.2, -0.15) is 5.10 Å². The van der Waals surface area contributed by atoms with Crippen LogP contribution in [0, 0.1) is 5.82 Å². The maximum absolute atomic E-state index is 13.6. The van der Waals surface area contributed by atoms with Gasteiger partial charge in [-0.25, -0.2) is 14.6 Å². The van der Waals surface area contributed by atoms with Crippen molar-refractivity contribution in [1.29, 1.82) is 0 Å². The fourth-order valence-corrected chi connectivity index (χ4v) is 2.21. The Labute approximate surface area is 136 Å². The lowest BCUT2D eigenvalue weighted by Crippen LogP contribution is -2.22. The van der Waals surface area contributed by atoms with E-state index in [0.29, 0.717) is 5.58 Å². The summed E-state index contributed by atoms with van der Waals surface area (Å²) >= 11 is 0.